The molecule has 0 N–H and O–H groups in total. The van der Waals surface area contributed by atoms with Crippen LogP contribution in [0.2, 0.25) is 103 Å². The Kier molecular flexibility index (Phi) is 45.4. The highest BCUT2D eigenvalue weighted by molar-refractivity contribution is 9.10. The Balaban J connectivity index is 0.000000224. The highest BCUT2D eigenvalue weighted by Gasteiger charge is 2.52. The van der Waals surface area contributed by atoms with Crippen molar-refractivity contribution in [1.82, 2.24) is 59.1 Å². The number of ether oxygens (including phenoxy) is 14. The first-order chi connectivity index (χ1) is 67.8. The fourth-order valence-electron chi connectivity index (χ4n) is 13.1. The molecular weight excluding hydrogens is 2030 g/mol. The van der Waals surface area contributed by atoms with Crippen LogP contribution in [0.1, 0.15) is 96.9 Å². The molecule has 0 aliphatic carbocycles. The number of carbonyl (C=O) groups is 3. The third-order valence-corrected chi connectivity index (χ3v) is 30.7. The van der Waals surface area contributed by atoms with Crippen LogP contribution >= 0.6 is 31.9 Å². The molecule has 38 heteroatoms. The number of carbonyl (C=O) groups excluding carboxylic acids is 3. The van der Waals surface area contributed by atoms with Gasteiger partial charge in [-0.05, 0) is 209 Å². The second-order valence-corrected chi connectivity index (χ2v) is 66.7. The van der Waals surface area contributed by atoms with Crippen LogP contribution in [0, 0.1) is 16.2 Å². The third-order valence-electron chi connectivity index (χ3n) is 22.8. The Bertz CT molecular complexity index is 5730. The van der Waals surface area contributed by atoms with Crippen molar-refractivity contribution in [3.05, 3.63) is 179 Å². The predicted octanol–water partition coefficient (Wildman–Crippen LogP) is 23.2. The van der Waals surface area contributed by atoms with Crippen LogP contribution in [0.5, 0.6) is 41.3 Å². The maximum Gasteiger partial charge on any atom is 0.494 e. The monoisotopic (exact) mass is 2180 g/mol. The molecule has 0 saturated carbocycles. The number of rotatable bonds is 47. The lowest BCUT2D eigenvalue weighted by Gasteiger charge is -2.32. The lowest BCUT2D eigenvalue weighted by Crippen LogP contribution is -2.41. The van der Waals surface area contributed by atoms with Gasteiger partial charge in [-0.1, -0.05) is 220 Å². The number of esters is 3. The fraction of sp³-hybridized carbons (Fsp3) is 0.500. The second-order valence-electron chi connectivity index (χ2n) is 42.4. The van der Waals surface area contributed by atoms with Gasteiger partial charge in [0.05, 0.1) is 75.2 Å². The number of hydrogen-bond donors (Lipinski definition) is 0. The van der Waals surface area contributed by atoms with Gasteiger partial charge in [-0.15, -0.1) is 20.4 Å². The average molecular weight is 2180 g/mol. The lowest BCUT2D eigenvalue weighted by molar-refractivity contribution is -0.153. The van der Waals surface area contributed by atoms with Gasteiger partial charge in [-0.25, -0.2) is 9.36 Å². The van der Waals surface area contributed by atoms with Crippen LogP contribution in [0.25, 0.3) is 67.8 Å². The van der Waals surface area contributed by atoms with E-state index in [0.717, 1.165) is 102 Å². The van der Waals surface area contributed by atoms with Crippen LogP contribution in [-0.2, 0) is 83.8 Å². The van der Waals surface area contributed by atoms with Gasteiger partial charge in [0.1, 0.15) is 64.0 Å². The lowest BCUT2D eigenvalue weighted by atomic mass is 9.79. The Morgan fingerprint density at radius 3 is 0.861 bits per heavy atom. The summed E-state index contributed by atoms with van der Waals surface area (Å²) in [5.41, 5.74) is 6.08. The topological polar surface area (TPSA) is 322 Å². The molecule has 0 atom stereocenters. The molecule has 31 nitrogen and oxygen atoms in total. The van der Waals surface area contributed by atoms with Gasteiger partial charge in [-0.2, -0.15) is 29.3 Å². The minimum atomic E-state index is -1.16. The molecule has 1 fully saturated rings. The largest absolute Gasteiger partial charge is 0.494 e. The van der Waals surface area contributed by atoms with Gasteiger partial charge < -0.3 is 75.6 Å². The molecule has 784 valence electrons. The van der Waals surface area contributed by atoms with Crippen LogP contribution in [0.4, 0.5) is 0 Å². The second kappa shape index (κ2) is 55.0. The first-order valence-corrected chi connectivity index (χ1v) is 65.4. The van der Waals surface area contributed by atoms with Crippen LogP contribution in [0.15, 0.2) is 179 Å². The highest BCUT2D eigenvalue weighted by atomic mass is 79.9. The summed E-state index contributed by atoms with van der Waals surface area (Å²) in [4.78, 5) is 53.5. The van der Waals surface area contributed by atoms with E-state index in [4.69, 9.17) is 75.6 Å². The molecule has 1 saturated heterocycles. The molecule has 144 heavy (non-hydrogen) atoms. The van der Waals surface area contributed by atoms with E-state index in [0.29, 0.717) is 125 Å². The van der Waals surface area contributed by atoms with Crippen molar-refractivity contribution in [2.75, 3.05) is 94.0 Å². The Morgan fingerprint density at radius 2 is 0.583 bits per heavy atom. The number of nitrogens with zero attached hydrogens (tertiary/aromatic N) is 12. The first kappa shape index (κ1) is 119. The summed E-state index contributed by atoms with van der Waals surface area (Å²) in [6, 6.07) is 61.4. The van der Waals surface area contributed by atoms with Crippen molar-refractivity contribution in [2.45, 2.75) is 238 Å². The molecular formula is C106H153BBr2N12O19Si4. The summed E-state index contributed by atoms with van der Waals surface area (Å²) in [5, 5.41) is 18.0. The molecule has 0 bridgehead atoms. The van der Waals surface area contributed by atoms with Gasteiger partial charge in [-0.3, -0.25) is 14.4 Å². The van der Waals surface area contributed by atoms with E-state index in [1.807, 2.05) is 213 Å². The molecule has 7 aromatic carbocycles. The maximum absolute atomic E-state index is 11.9. The van der Waals surface area contributed by atoms with Gasteiger partial charge in [0.25, 0.3) is 0 Å². The Labute approximate surface area is 873 Å². The van der Waals surface area contributed by atoms with Crippen molar-refractivity contribution < 1.29 is 90.0 Å². The third kappa shape index (κ3) is 38.9. The van der Waals surface area contributed by atoms with Crippen LogP contribution in [0.3, 0.4) is 0 Å². The summed E-state index contributed by atoms with van der Waals surface area (Å²) in [6.07, 6.45) is 0. The van der Waals surface area contributed by atoms with E-state index < -0.39 is 55.7 Å². The quantitative estimate of drug-likeness (QED) is 0.0148. The SMILES string of the molecule is CCOc1nc(-c2ccc(-c3ccc(OCC(C)(C)C(=O)OC)cc3)cc2)n(COCC[Si](C)(C)C)n1.CCOc1nc(-c2ccc(-c3ccc(OCC(C)(C)C(=O)OC)cc3)cc2)nn1COCC[Si](C)(C)C.CCOc1nc(-c2ccc(Br)cc2)n(COCC[Si](C)(C)C)n1.CCOc1nc(-c2ccc(Br)cc2)nn1COCC[Si](C)(C)C.COC(=O)C(C)(C)COc1ccc(B2OC(C)(C)C(C)(C)O2)cc1. The van der Waals surface area contributed by atoms with E-state index in [9.17, 15) is 14.4 Å². The minimum Gasteiger partial charge on any atom is -0.492 e. The molecule has 0 unspecified atom stereocenters. The molecule has 1 aliphatic heterocycles. The smallest absolute Gasteiger partial charge is 0.492 e. The van der Waals surface area contributed by atoms with E-state index in [1.165, 1.54) is 21.3 Å². The summed E-state index contributed by atoms with van der Waals surface area (Å²) < 4.78 is 98.3. The minimum absolute atomic E-state index is 0.236. The van der Waals surface area contributed by atoms with E-state index in [-0.39, 0.29) is 48.9 Å². The molecule has 0 radical (unpaired) electrons. The normalized spacial score (nSPS) is 13.0. The predicted molar refractivity (Wildman–Crippen MR) is 585 cm³/mol. The summed E-state index contributed by atoms with van der Waals surface area (Å²) in [7, 11) is -0.732. The molecule has 1 aliphatic rings. The maximum atomic E-state index is 11.9. The van der Waals surface area contributed by atoms with Crippen molar-refractivity contribution >= 4 is 94.6 Å². The van der Waals surface area contributed by atoms with Crippen molar-refractivity contribution in [2.24, 2.45) is 16.2 Å². The van der Waals surface area contributed by atoms with E-state index >= 15 is 0 Å². The zero-order chi connectivity index (χ0) is 106. The molecule has 11 aromatic rings. The molecule has 0 spiro atoms. The number of aromatic nitrogens is 12. The summed E-state index contributed by atoms with van der Waals surface area (Å²) >= 11 is 6.88. The van der Waals surface area contributed by atoms with Gasteiger partial charge in [0.2, 0.25) is 0 Å². The van der Waals surface area contributed by atoms with Crippen molar-refractivity contribution in [3.63, 3.8) is 0 Å². The zero-order valence-electron chi connectivity index (χ0n) is 90.1. The summed E-state index contributed by atoms with van der Waals surface area (Å²) in [5.74, 6) is 3.90. The Morgan fingerprint density at radius 1 is 0.333 bits per heavy atom. The molecule has 12 rings (SSSR count). The number of methoxy groups -OCH3 is 3. The van der Waals surface area contributed by atoms with Crippen molar-refractivity contribution in [1.29, 1.82) is 0 Å². The van der Waals surface area contributed by atoms with Gasteiger partial charge in [0, 0.05) is 89.9 Å². The van der Waals surface area contributed by atoms with Gasteiger partial charge >= 0.3 is 49.1 Å². The van der Waals surface area contributed by atoms with Crippen LogP contribution in [-0.4, -0.2) is 222 Å². The number of hydrogen-bond acceptors (Lipinski definition) is 27. The first-order valence-electron chi connectivity index (χ1n) is 49.0. The standard InChI is InChI=1S/2C28H39N3O5Si.C18H27BO5.2C16H24BrN3O2Si/c1-8-35-27-29-25(31(30-27)20-34-17-18-37(5,6)7)23-11-9-21(10-12-23)22-13-15-24(16-14-22)36-19-28(2,3)26(32)33-4;1-8-35-27-29-25(30-31(27)20-34-17-18-37(5,6)7)23-11-9-21(10-12-23)22-13-15-24(16-14-22)36-19-28(2,3)26(32)33-4;1-16(2,15(20)21-7)12-22-14-10-8-13(9-11-14)19-23-17(3,4)18(5,6)24-19;1-5-22-16-18-15(13-6-8-14(17)9-7-13)20(19-16)12-21-10-11-23(2,3)4;1-5-22-16-18-15(13-6-8-14(17)9-7-13)19-20(16)12-21-10-11-23(2,3)4/h2*9-16H,8,17-20H2,1-7H3;8-11H,12H2,1-7H3;2*6-9H,5,10-12H2,1-4H3. The molecule has 0 amide bonds. The highest BCUT2D eigenvalue weighted by Crippen LogP contribution is 2.38. The zero-order valence-corrected chi connectivity index (χ0v) is 97.2. The number of benzene rings is 7. The summed E-state index contributed by atoms with van der Waals surface area (Å²) in [6.45, 7) is 61.7. The van der Waals surface area contributed by atoms with Crippen LogP contribution < -0.4 is 38.6 Å². The molecule has 5 heterocycles. The number of halogens is 2. The molecule has 4 aromatic heterocycles. The Hall–Kier alpha value is -10.2. The van der Waals surface area contributed by atoms with Crippen molar-refractivity contribution in [3.8, 4) is 109 Å². The van der Waals surface area contributed by atoms with Gasteiger partial charge in [0.15, 0.2) is 23.3 Å². The average Bonchev–Trinajstić information content (AvgIpc) is 1.62. The van der Waals surface area contributed by atoms with E-state index in [2.05, 4.69) is 163 Å². The van der Waals surface area contributed by atoms with E-state index in [1.54, 1.807) is 60.3 Å². The fourth-order valence-corrected chi connectivity index (χ4v) is 16.6.